The van der Waals surface area contributed by atoms with Gasteiger partial charge in [-0.15, -0.1) is 0 Å². The van der Waals surface area contributed by atoms with Gasteiger partial charge in [0.2, 0.25) is 29.1 Å². The maximum Gasteiger partial charge on any atom is 0.352 e. The van der Waals surface area contributed by atoms with E-state index in [1.54, 1.807) is 0 Å². The summed E-state index contributed by atoms with van der Waals surface area (Å²) in [6, 6.07) is 9.64. The number of halogens is 6. The van der Waals surface area contributed by atoms with Crippen LogP contribution in [0, 0.1) is 34.9 Å². The van der Waals surface area contributed by atoms with E-state index in [4.69, 9.17) is 9.26 Å². The third-order valence-electron chi connectivity index (χ3n) is 4.58. The molecule has 0 aliphatic rings. The highest BCUT2D eigenvalue weighted by Crippen LogP contribution is 2.32. The first-order chi connectivity index (χ1) is 15.7. The molecule has 11 heteroatoms. The van der Waals surface area contributed by atoms with Crippen molar-refractivity contribution < 1.29 is 45.1 Å². The van der Waals surface area contributed by atoms with E-state index in [-0.39, 0.29) is 11.3 Å². The van der Waals surface area contributed by atoms with Gasteiger partial charge in [0.05, 0.1) is 0 Å². The number of fused-ring (bicyclic) bond motifs is 1. The molecule has 1 unspecified atom stereocenters. The molecule has 5 nitrogen and oxygen atoms in total. The Hall–Kier alpha value is -4.02. The van der Waals surface area contributed by atoms with Gasteiger partial charge in [0.1, 0.15) is 17.3 Å². The molecule has 0 aliphatic heterocycles. The summed E-state index contributed by atoms with van der Waals surface area (Å²) in [5, 5.41) is 4.42. The molecule has 0 amide bonds. The highest BCUT2D eigenvalue weighted by atomic mass is 19.2. The second-order valence-electron chi connectivity index (χ2n) is 6.78. The number of hydrogen-bond acceptors (Lipinski definition) is 5. The van der Waals surface area contributed by atoms with Crippen molar-refractivity contribution in [2.24, 2.45) is 0 Å². The summed E-state index contributed by atoms with van der Waals surface area (Å²) in [6.07, 6.45) is -1.74. The fourth-order valence-electron chi connectivity index (χ4n) is 2.91. The fraction of sp³-hybridized carbons (Fsp3) is 0.0909. The van der Waals surface area contributed by atoms with Crippen LogP contribution in [0.15, 0.2) is 47.0 Å². The highest BCUT2D eigenvalue weighted by molar-refractivity contribution is 5.92. The second kappa shape index (κ2) is 8.49. The van der Waals surface area contributed by atoms with Gasteiger partial charge in [0, 0.05) is 17.0 Å². The van der Waals surface area contributed by atoms with Crippen LogP contribution in [0.4, 0.5) is 26.3 Å². The second-order valence-corrected chi connectivity index (χ2v) is 6.78. The minimum atomic E-state index is -2.35. The van der Waals surface area contributed by atoms with Gasteiger partial charge in [-0.1, -0.05) is 5.16 Å². The van der Waals surface area contributed by atoms with Crippen molar-refractivity contribution in [3.8, 4) is 22.8 Å². The summed E-state index contributed by atoms with van der Waals surface area (Å²) in [5.74, 6) is -14.5. The first-order valence-corrected chi connectivity index (χ1v) is 9.22. The third-order valence-corrected chi connectivity index (χ3v) is 4.58. The summed E-state index contributed by atoms with van der Waals surface area (Å²) < 4.78 is 95.3. The predicted molar refractivity (Wildman–Crippen MR) is 101 cm³/mol. The first-order valence-electron chi connectivity index (χ1n) is 9.22. The standard InChI is InChI=1S/C22H11F6NO4/c1-9(31-21-18(27)16(25)15(24)17(26)19(21)28)22(30)32-12-6-7-13-14(8-12)33-29-20(13)10-2-4-11(23)5-3-10/h2-9H,1H3. The number of ether oxygens (including phenoxy) is 2. The molecule has 0 spiro atoms. The van der Waals surface area contributed by atoms with Crippen molar-refractivity contribution in [1.82, 2.24) is 5.16 Å². The Morgan fingerprint density at radius 2 is 1.48 bits per heavy atom. The normalized spacial score (nSPS) is 12.1. The largest absolute Gasteiger partial charge is 0.473 e. The average molecular weight is 467 g/mol. The van der Waals surface area contributed by atoms with Crippen LogP contribution in [0.3, 0.4) is 0 Å². The third kappa shape index (κ3) is 4.09. The van der Waals surface area contributed by atoms with E-state index in [2.05, 4.69) is 9.89 Å². The minimum Gasteiger partial charge on any atom is -0.473 e. The van der Waals surface area contributed by atoms with Gasteiger partial charge in [-0.3, -0.25) is 0 Å². The number of rotatable bonds is 5. The molecule has 0 saturated heterocycles. The van der Waals surface area contributed by atoms with Crippen molar-refractivity contribution in [2.75, 3.05) is 0 Å². The summed E-state index contributed by atoms with van der Waals surface area (Å²) in [5.41, 5.74) is 1.18. The molecule has 1 aromatic heterocycles. The summed E-state index contributed by atoms with van der Waals surface area (Å²) in [7, 11) is 0. The molecule has 4 aromatic rings. The molecule has 1 atom stereocenters. The monoisotopic (exact) mass is 467 g/mol. The van der Waals surface area contributed by atoms with E-state index in [9.17, 15) is 31.1 Å². The lowest BCUT2D eigenvalue weighted by Crippen LogP contribution is -2.29. The Balaban J connectivity index is 1.53. The van der Waals surface area contributed by atoms with Gasteiger partial charge in [-0.05, 0) is 43.3 Å². The molecule has 0 fully saturated rings. The molecule has 0 bridgehead atoms. The van der Waals surface area contributed by atoms with Crippen LogP contribution in [0.25, 0.3) is 22.2 Å². The van der Waals surface area contributed by atoms with Gasteiger partial charge in [-0.2, -0.15) is 8.78 Å². The maximum absolute atomic E-state index is 13.8. The number of nitrogens with zero attached hydrogens (tertiary/aromatic N) is 1. The number of esters is 1. The van der Waals surface area contributed by atoms with Crippen LogP contribution >= 0.6 is 0 Å². The Kier molecular flexibility index (Phi) is 5.71. The smallest absolute Gasteiger partial charge is 0.352 e. The van der Waals surface area contributed by atoms with Crippen LogP contribution in [-0.4, -0.2) is 17.2 Å². The van der Waals surface area contributed by atoms with E-state index in [0.29, 0.717) is 16.6 Å². The number of carbonyl (C=O) groups excluding carboxylic acids is 1. The maximum atomic E-state index is 13.8. The zero-order valence-corrected chi connectivity index (χ0v) is 16.5. The number of carbonyl (C=O) groups is 1. The van der Waals surface area contributed by atoms with Gasteiger partial charge >= 0.3 is 5.97 Å². The summed E-state index contributed by atoms with van der Waals surface area (Å²) >= 11 is 0. The quantitative estimate of drug-likeness (QED) is 0.124. The molecular weight excluding hydrogens is 456 g/mol. The van der Waals surface area contributed by atoms with E-state index >= 15 is 0 Å². The van der Waals surface area contributed by atoms with Crippen LogP contribution in [0.1, 0.15) is 6.92 Å². The Morgan fingerprint density at radius 3 is 2.12 bits per heavy atom. The predicted octanol–water partition coefficient (Wildman–Crippen LogP) is 5.70. The van der Waals surface area contributed by atoms with Gasteiger partial charge in [-0.25, -0.2) is 22.4 Å². The zero-order valence-electron chi connectivity index (χ0n) is 16.5. The van der Waals surface area contributed by atoms with Crippen LogP contribution in [0.5, 0.6) is 11.5 Å². The van der Waals surface area contributed by atoms with Gasteiger partial charge < -0.3 is 14.0 Å². The van der Waals surface area contributed by atoms with Crippen molar-refractivity contribution >= 4 is 16.9 Å². The lowest BCUT2D eigenvalue weighted by molar-refractivity contribution is -0.141. The zero-order chi connectivity index (χ0) is 23.9. The molecule has 0 radical (unpaired) electrons. The fourth-order valence-corrected chi connectivity index (χ4v) is 2.91. The highest BCUT2D eigenvalue weighted by Gasteiger charge is 2.30. The molecular formula is C22H11F6NO4. The van der Waals surface area contributed by atoms with Gasteiger partial charge in [0.25, 0.3) is 0 Å². The van der Waals surface area contributed by atoms with Crippen molar-refractivity contribution in [1.29, 1.82) is 0 Å². The SMILES string of the molecule is CC(Oc1c(F)c(F)c(F)c(F)c1F)C(=O)Oc1ccc2c(-c3ccc(F)cc3)noc2c1. The van der Waals surface area contributed by atoms with Crippen molar-refractivity contribution in [2.45, 2.75) is 13.0 Å². The lowest BCUT2D eigenvalue weighted by Gasteiger charge is -2.15. The summed E-state index contributed by atoms with van der Waals surface area (Å²) in [4.78, 5) is 12.2. The molecule has 33 heavy (non-hydrogen) atoms. The molecule has 3 aromatic carbocycles. The van der Waals surface area contributed by atoms with Crippen molar-refractivity contribution in [3.05, 3.63) is 77.4 Å². The average Bonchev–Trinajstić information content (AvgIpc) is 3.22. The van der Waals surface area contributed by atoms with Crippen molar-refractivity contribution in [3.63, 3.8) is 0 Å². The van der Waals surface area contributed by atoms with E-state index in [0.717, 1.165) is 6.92 Å². The van der Waals surface area contributed by atoms with Gasteiger partial charge in [0.15, 0.2) is 17.4 Å². The Morgan fingerprint density at radius 1 is 0.879 bits per heavy atom. The molecule has 0 N–H and O–H groups in total. The lowest BCUT2D eigenvalue weighted by atomic mass is 10.1. The summed E-state index contributed by atoms with van der Waals surface area (Å²) in [6.45, 7) is 1.000. The molecule has 1 heterocycles. The van der Waals surface area contributed by atoms with Crippen LogP contribution in [-0.2, 0) is 4.79 Å². The number of aromatic nitrogens is 1. The number of benzene rings is 3. The van der Waals surface area contributed by atoms with E-state index in [1.807, 2.05) is 0 Å². The number of hydrogen-bond donors (Lipinski definition) is 0. The molecule has 170 valence electrons. The Labute approximate surface area is 181 Å². The first kappa shape index (κ1) is 22.2. The minimum absolute atomic E-state index is 0.0674. The Bertz CT molecular complexity index is 1340. The molecule has 0 saturated carbocycles. The molecule has 4 rings (SSSR count). The van der Waals surface area contributed by atoms with E-state index in [1.165, 1.54) is 42.5 Å². The topological polar surface area (TPSA) is 61.6 Å². The van der Waals surface area contributed by atoms with Crippen LogP contribution in [0.2, 0.25) is 0 Å². The van der Waals surface area contributed by atoms with E-state index < -0.39 is 52.7 Å². The molecule has 0 aliphatic carbocycles. The van der Waals surface area contributed by atoms with Crippen LogP contribution < -0.4 is 9.47 Å².